The maximum absolute atomic E-state index is 12.8. The van der Waals surface area contributed by atoms with Crippen LogP contribution in [0.5, 0.6) is 0 Å². The Morgan fingerprint density at radius 2 is 2.00 bits per heavy atom. The molecule has 1 unspecified atom stereocenters. The molecule has 2 aliphatic heterocycles. The van der Waals surface area contributed by atoms with Crippen molar-refractivity contribution in [2.24, 2.45) is 5.41 Å². The highest BCUT2D eigenvalue weighted by Gasteiger charge is 2.43. The van der Waals surface area contributed by atoms with E-state index in [0.717, 1.165) is 31.4 Å². The van der Waals surface area contributed by atoms with Crippen molar-refractivity contribution >= 4 is 5.91 Å². The summed E-state index contributed by atoms with van der Waals surface area (Å²) < 4.78 is 37.4. The van der Waals surface area contributed by atoms with E-state index < -0.39 is 12.6 Å². The summed E-state index contributed by atoms with van der Waals surface area (Å²) in [7, 11) is 0. The Hall–Kier alpha value is -1.56. The van der Waals surface area contributed by atoms with Gasteiger partial charge in [0, 0.05) is 37.2 Å². The molecule has 2 fully saturated rings. The number of halogens is 3. The van der Waals surface area contributed by atoms with E-state index in [1.807, 2.05) is 41.0 Å². The number of alkyl halides is 3. The van der Waals surface area contributed by atoms with Gasteiger partial charge >= 0.3 is 6.18 Å². The number of hydrogen-bond donors (Lipinski definition) is 0. The number of likely N-dealkylation sites (tertiary alicyclic amines) is 2. The third kappa shape index (κ3) is 4.54. The summed E-state index contributed by atoms with van der Waals surface area (Å²) in [5.74, 6) is 0.0384. The third-order valence-electron chi connectivity index (χ3n) is 5.44. The lowest BCUT2D eigenvalue weighted by atomic mass is 9.79. The van der Waals surface area contributed by atoms with Crippen LogP contribution in [0.4, 0.5) is 13.2 Å². The van der Waals surface area contributed by atoms with Crippen LogP contribution in [0.3, 0.4) is 0 Å². The van der Waals surface area contributed by atoms with Crippen molar-refractivity contribution in [3.8, 4) is 0 Å². The molecule has 25 heavy (non-hydrogen) atoms. The van der Waals surface area contributed by atoms with Gasteiger partial charge in [-0.3, -0.25) is 4.79 Å². The quantitative estimate of drug-likeness (QED) is 0.823. The van der Waals surface area contributed by atoms with E-state index in [4.69, 9.17) is 0 Å². The first kappa shape index (κ1) is 18.2. The van der Waals surface area contributed by atoms with Crippen LogP contribution in [0.25, 0.3) is 0 Å². The average molecular weight is 354 g/mol. The lowest BCUT2D eigenvalue weighted by Crippen LogP contribution is -2.47. The molecule has 2 heterocycles. The Labute approximate surface area is 146 Å². The Kier molecular flexibility index (Phi) is 5.09. The summed E-state index contributed by atoms with van der Waals surface area (Å²) in [6.45, 7) is 4.78. The van der Waals surface area contributed by atoms with Crippen LogP contribution < -0.4 is 0 Å². The van der Waals surface area contributed by atoms with E-state index in [-0.39, 0.29) is 17.9 Å². The fourth-order valence-electron chi connectivity index (χ4n) is 4.18. The molecule has 2 aliphatic rings. The van der Waals surface area contributed by atoms with Crippen molar-refractivity contribution in [1.29, 1.82) is 0 Å². The molecule has 0 radical (unpaired) electrons. The van der Waals surface area contributed by atoms with Crippen LogP contribution in [0.1, 0.15) is 41.6 Å². The molecule has 0 aliphatic carbocycles. The molecule has 0 aromatic heterocycles. The smallest absolute Gasteiger partial charge is 0.338 e. The molecule has 0 N–H and O–H groups in total. The number of hydrogen-bond acceptors (Lipinski definition) is 2. The molecular formula is C19H25F3N2O. The number of piperidine rings is 1. The van der Waals surface area contributed by atoms with Gasteiger partial charge in [0.1, 0.15) is 0 Å². The summed E-state index contributed by atoms with van der Waals surface area (Å²) in [5, 5.41) is 0. The number of carbonyl (C=O) groups is 1. The van der Waals surface area contributed by atoms with Gasteiger partial charge in [0.15, 0.2) is 0 Å². The van der Waals surface area contributed by atoms with Gasteiger partial charge in [0.25, 0.3) is 5.91 Å². The molecule has 6 heteroatoms. The Morgan fingerprint density at radius 3 is 2.72 bits per heavy atom. The van der Waals surface area contributed by atoms with Crippen LogP contribution in [-0.2, 0) is 0 Å². The zero-order chi connectivity index (χ0) is 18.1. The zero-order valence-corrected chi connectivity index (χ0v) is 14.6. The summed E-state index contributed by atoms with van der Waals surface area (Å²) in [6.07, 6.45) is -2.06. The predicted molar refractivity (Wildman–Crippen MR) is 90.5 cm³/mol. The Bertz CT molecular complexity index is 631. The maximum Gasteiger partial charge on any atom is 0.390 e. The highest BCUT2D eigenvalue weighted by Crippen LogP contribution is 2.39. The zero-order valence-electron chi connectivity index (χ0n) is 14.6. The first-order valence-electron chi connectivity index (χ1n) is 8.91. The fraction of sp³-hybridized carbons (Fsp3) is 0.632. The summed E-state index contributed by atoms with van der Waals surface area (Å²) >= 11 is 0. The van der Waals surface area contributed by atoms with Gasteiger partial charge in [-0.25, -0.2) is 0 Å². The first-order chi connectivity index (χ1) is 11.8. The highest BCUT2D eigenvalue weighted by atomic mass is 19.4. The predicted octanol–water partition coefficient (Wildman–Crippen LogP) is 3.88. The van der Waals surface area contributed by atoms with Crippen molar-refractivity contribution in [1.82, 2.24) is 9.80 Å². The summed E-state index contributed by atoms with van der Waals surface area (Å²) in [4.78, 5) is 16.6. The number of amides is 1. The fourth-order valence-corrected chi connectivity index (χ4v) is 4.18. The van der Waals surface area contributed by atoms with Crippen LogP contribution in [0, 0.1) is 12.3 Å². The molecule has 2 saturated heterocycles. The van der Waals surface area contributed by atoms with E-state index in [0.29, 0.717) is 25.2 Å². The molecule has 0 bridgehead atoms. The van der Waals surface area contributed by atoms with Crippen molar-refractivity contribution in [2.45, 2.75) is 38.8 Å². The number of rotatable bonds is 3. The van der Waals surface area contributed by atoms with Crippen molar-refractivity contribution in [3.63, 3.8) is 0 Å². The van der Waals surface area contributed by atoms with Gasteiger partial charge in [-0.1, -0.05) is 17.7 Å². The second-order valence-corrected chi connectivity index (χ2v) is 7.59. The van der Waals surface area contributed by atoms with E-state index >= 15 is 0 Å². The minimum Gasteiger partial charge on any atom is -0.338 e. The third-order valence-corrected chi connectivity index (χ3v) is 5.44. The molecule has 1 atom stereocenters. The van der Waals surface area contributed by atoms with Crippen molar-refractivity contribution < 1.29 is 18.0 Å². The minimum atomic E-state index is -4.10. The molecule has 1 amide bonds. The van der Waals surface area contributed by atoms with Crippen molar-refractivity contribution in [3.05, 3.63) is 35.4 Å². The lowest BCUT2D eigenvalue weighted by molar-refractivity contribution is -0.137. The largest absolute Gasteiger partial charge is 0.390 e. The van der Waals surface area contributed by atoms with Gasteiger partial charge in [-0.2, -0.15) is 13.2 Å². The summed E-state index contributed by atoms with van der Waals surface area (Å²) in [6, 6.07) is 7.58. The Balaban J connectivity index is 1.62. The van der Waals surface area contributed by atoms with E-state index in [1.54, 1.807) is 0 Å². The molecule has 3 nitrogen and oxygen atoms in total. The normalized spacial score (nSPS) is 24.9. The Morgan fingerprint density at radius 1 is 1.20 bits per heavy atom. The first-order valence-corrected chi connectivity index (χ1v) is 8.91. The molecule has 3 rings (SSSR count). The number of aryl methyl sites for hydroxylation is 1. The van der Waals surface area contributed by atoms with Crippen molar-refractivity contribution in [2.75, 3.05) is 32.7 Å². The van der Waals surface area contributed by atoms with E-state index in [1.165, 1.54) is 0 Å². The van der Waals surface area contributed by atoms with Crippen LogP contribution >= 0.6 is 0 Å². The van der Waals surface area contributed by atoms with Gasteiger partial charge in [0.2, 0.25) is 0 Å². The molecule has 1 spiro atoms. The average Bonchev–Trinajstić information content (AvgIpc) is 2.94. The molecular weight excluding hydrogens is 329 g/mol. The molecule has 138 valence electrons. The topological polar surface area (TPSA) is 23.6 Å². The monoisotopic (exact) mass is 354 g/mol. The number of nitrogens with zero attached hydrogens (tertiary/aromatic N) is 2. The standard InChI is InChI=1S/C19H25F3N2O/c1-15-4-2-5-16(12-15)17(25)24-9-3-6-18(14-24)7-10-23(13-18)11-8-19(20,21)22/h2,4-5,12H,3,6-11,13-14H2,1H3. The maximum atomic E-state index is 12.8. The summed E-state index contributed by atoms with van der Waals surface area (Å²) in [5.41, 5.74) is 1.71. The van der Waals surface area contributed by atoms with Gasteiger partial charge in [-0.05, 0) is 44.9 Å². The molecule has 1 aromatic rings. The van der Waals surface area contributed by atoms with Gasteiger partial charge < -0.3 is 9.80 Å². The van der Waals surface area contributed by atoms with Gasteiger partial charge in [-0.15, -0.1) is 0 Å². The number of benzene rings is 1. The van der Waals surface area contributed by atoms with E-state index in [2.05, 4.69) is 0 Å². The number of carbonyl (C=O) groups excluding carboxylic acids is 1. The van der Waals surface area contributed by atoms with Crippen LogP contribution in [0.15, 0.2) is 24.3 Å². The lowest BCUT2D eigenvalue weighted by Gasteiger charge is -2.40. The minimum absolute atomic E-state index is 0.0384. The molecule has 1 aromatic carbocycles. The second kappa shape index (κ2) is 6.98. The van der Waals surface area contributed by atoms with E-state index in [9.17, 15) is 18.0 Å². The van der Waals surface area contributed by atoms with Gasteiger partial charge in [0.05, 0.1) is 6.42 Å². The second-order valence-electron chi connectivity index (χ2n) is 7.59. The van der Waals surface area contributed by atoms with Crippen LogP contribution in [-0.4, -0.2) is 54.6 Å². The molecule has 0 saturated carbocycles. The SMILES string of the molecule is Cc1cccc(C(=O)N2CCCC3(CCN(CCC(F)(F)F)C3)C2)c1. The van der Waals surface area contributed by atoms with Crippen LogP contribution in [0.2, 0.25) is 0 Å². The highest BCUT2D eigenvalue weighted by molar-refractivity contribution is 5.94.